The Hall–Kier alpha value is -0.570. The minimum atomic E-state index is 0.447. The van der Waals surface area contributed by atoms with Crippen LogP contribution in [0.25, 0.3) is 0 Å². The molecular weight excluding hydrogens is 240 g/mol. The number of halogens is 1. The topological polar surface area (TPSA) is 16.1 Å². The maximum atomic E-state index is 4.08. The van der Waals surface area contributed by atoms with Crippen molar-refractivity contribution < 1.29 is 0 Å². The molecular formula is C11H15BrN2. The second kappa shape index (κ2) is 3.54. The zero-order valence-corrected chi connectivity index (χ0v) is 10.2. The van der Waals surface area contributed by atoms with Crippen molar-refractivity contribution in [1.82, 2.24) is 4.98 Å². The van der Waals surface area contributed by atoms with Crippen molar-refractivity contribution in [1.29, 1.82) is 0 Å². The summed E-state index contributed by atoms with van der Waals surface area (Å²) in [5.41, 5.74) is 1.72. The van der Waals surface area contributed by atoms with E-state index in [4.69, 9.17) is 0 Å². The number of pyridine rings is 1. The third kappa shape index (κ3) is 1.92. The lowest BCUT2D eigenvalue weighted by Gasteiger charge is -2.22. The summed E-state index contributed by atoms with van der Waals surface area (Å²) in [7, 11) is 0. The van der Waals surface area contributed by atoms with Gasteiger partial charge in [0.25, 0.3) is 0 Å². The van der Waals surface area contributed by atoms with Crippen LogP contribution < -0.4 is 4.90 Å². The maximum absolute atomic E-state index is 4.08. The van der Waals surface area contributed by atoms with Crippen LogP contribution in [0.2, 0.25) is 0 Å². The lowest BCUT2D eigenvalue weighted by molar-refractivity contribution is 0.418. The minimum Gasteiger partial charge on any atom is -0.370 e. The summed E-state index contributed by atoms with van der Waals surface area (Å²) < 4.78 is 1.10. The highest BCUT2D eigenvalue weighted by molar-refractivity contribution is 9.10. The Labute approximate surface area is 93.5 Å². The average Bonchev–Trinajstić information content (AvgIpc) is 2.47. The predicted molar refractivity (Wildman–Crippen MR) is 62.5 cm³/mol. The SMILES string of the molecule is CC1(C)CCN(c2ccncc2Br)C1. The summed E-state index contributed by atoms with van der Waals surface area (Å²) >= 11 is 3.54. The molecule has 2 heterocycles. The molecule has 0 saturated carbocycles. The van der Waals surface area contributed by atoms with Gasteiger partial charge in [-0.25, -0.2) is 0 Å². The van der Waals surface area contributed by atoms with Gasteiger partial charge in [-0.3, -0.25) is 4.98 Å². The van der Waals surface area contributed by atoms with Gasteiger partial charge < -0.3 is 4.90 Å². The molecule has 1 aliphatic heterocycles. The van der Waals surface area contributed by atoms with E-state index in [9.17, 15) is 0 Å². The van der Waals surface area contributed by atoms with Crippen molar-refractivity contribution in [3.63, 3.8) is 0 Å². The van der Waals surface area contributed by atoms with Gasteiger partial charge in [0, 0.05) is 25.5 Å². The van der Waals surface area contributed by atoms with E-state index in [0.29, 0.717) is 5.41 Å². The van der Waals surface area contributed by atoms with Crippen LogP contribution in [-0.2, 0) is 0 Å². The highest BCUT2D eigenvalue weighted by Crippen LogP contribution is 2.35. The molecule has 1 aromatic heterocycles. The Kier molecular flexibility index (Phi) is 2.52. The average molecular weight is 255 g/mol. The molecule has 3 heteroatoms. The van der Waals surface area contributed by atoms with Gasteiger partial charge in [-0.1, -0.05) is 13.8 Å². The first-order valence-corrected chi connectivity index (χ1v) is 5.72. The number of aromatic nitrogens is 1. The van der Waals surface area contributed by atoms with E-state index in [-0.39, 0.29) is 0 Å². The second-order valence-electron chi connectivity index (χ2n) is 4.66. The van der Waals surface area contributed by atoms with Crippen LogP contribution in [0, 0.1) is 5.41 Å². The fourth-order valence-electron chi connectivity index (χ4n) is 1.94. The van der Waals surface area contributed by atoms with Crippen molar-refractivity contribution in [3.05, 3.63) is 22.9 Å². The van der Waals surface area contributed by atoms with E-state index in [1.807, 2.05) is 12.4 Å². The Balaban J connectivity index is 2.22. The van der Waals surface area contributed by atoms with E-state index in [1.165, 1.54) is 12.1 Å². The molecule has 0 unspecified atom stereocenters. The third-order valence-electron chi connectivity index (χ3n) is 2.77. The molecule has 2 nitrogen and oxygen atoms in total. The first kappa shape index (κ1) is 9.97. The molecule has 0 aliphatic carbocycles. The van der Waals surface area contributed by atoms with E-state index < -0.39 is 0 Å². The lowest BCUT2D eigenvalue weighted by Crippen LogP contribution is -2.22. The summed E-state index contributed by atoms with van der Waals surface area (Å²) in [4.78, 5) is 6.50. The monoisotopic (exact) mass is 254 g/mol. The van der Waals surface area contributed by atoms with Gasteiger partial charge in [0.15, 0.2) is 0 Å². The molecule has 0 bridgehead atoms. The largest absolute Gasteiger partial charge is 0.370 e. The zero-order chi connectivity index (χ0) is 10.2. The van der Waals surface area contributed by atoms with Gasteiger partial charge in [0.1, 0.15) is 0 Å². The smallest absolute Gasteiger partial charge is 0.0592 e. The van der Waals surface area contributed by atoms with E-state index in [2.05, 4.69) is 45.7 Å². The van der Waals surface area contributed by atoms with Gasteiger partial charge in [-0.2, -0.15) is 0 Å². The summed E-state index contributed by atoms with van der Waals surface area (Å²) in [5.74, 6) is 0. The van der Waals surface area contributed by atoms with Gasteiger partial charge in [0.05, 0.1) is 10.2 Å². The summed E-state index contributed by atoms with van der Waals surface area (Å²) in [6, 6.07) is 2.07. The van der Waals surface area contributed by atoms with Crippen LogP contribution in [0.4, 0.5) is 5.69 Å². The highest BCUT2D eigenvalue weighted by atomic mass is 79.9. The first-order valence-electron chi connectivity index (χ1n) is 4.93. The molecule has 0 spiro atoms. The van der Waals surface area contributed by atoms with Gasteiger partial charge in [-0.05, 0) is 33.8 Å². The molecule has 0 amide bonds. The van der Waals surface area contributed by atoms with Crippen LogP contribution in [-0.4, -0.2) is 18.1 Å². The Morgan fingerprint density at radius 1 is 1.50 bits per heavy atom. The minimum absolute atomic E-state index is 0.447. The molecule has 1 fully saturated rings. The van der Waals surface area contributed by atoms with Crippen LogP contribution in [0.15, 0.2) is 22.9 Å². The summed E-state index contributed by atoms with van der Waals surface area (Å²) in [5, 5.41) is 0. The number of hydrogen-bond donors (Lipinski definition) is 0. The zero-order valence-electron chi connectivity index (χ0n) is 8.63. The number of rotatable bonds is 1. The molecule has 0 atom stereocenters. The molecule has 1 aliphatic rings. The van der Waals surface area contributed by atoms with Crippen LogP contribution in [0.5, 0.6) is 0 Å². The molecule has 14 heavy (non-hydrogen) atoms. The maximum Gasteiger partial charge on any atom is 0.0592 e. The van der Waals surface area contributed by atoms with Crippen molar-refractivity contribution in [2.45, 2.75) is 20.3 Å². The number of hydrogen-bond acceptors (Lipinski definition) is 2. The Morgan fingerprint density at radius 2 is 2.29 bits per heavy atom. The summed E-state index contributed by atoms with van der Waals surface area (Å²) in [6.07, 6.45) is 4.98. The number of nitrogens with zero attached hydrogens (tertiary/aromatic N) is 2. The molecule has 0 radical (unpaired) electrons. The highest BCUT2D eigenvalue weighted by Gasteiger charge is 2.29. The molecule has 76 valence electrons. The number of anilines is 1. The van der Waals surface area contributed by atoms with Crippen molar-refractivity contribution in [2.75, 3.05) is 18.0 Å². The standard InChI is InChI=1S/C11H15BrN2/c1-11(2)4-6-14(8-11)10-3-5-13-7-9(10)12/h3,5,7H,4,6,8H2,1-2H3. The molecule has 1 saturated heterocycles. The van der Waals surface area contributed by atoms with Crippen LogP contribution >= 0.6 is 15.9 Å². The van der Waals surface area contributed by atoms with Gasteiger partial charge in [-0.15, -0.1) is 0 Å². The Morgan fingerprint density at radius 3 is 2.86 bits per heavy atom. The van der Waals surface area contributed by atoms with Crippen LogP contribution in [0.3, 0.4) is 0 Å². The molecule has 2 rings (SSSR count). The third-order valence-corrected chi connectivity index (χ3v) is 3.38. The van der Waals surface area contributed by atoms with Crippen molar-refractivity contribution >= 4 is 21.6 Å². The van der Waals surface area contributed by atoms with E-state index in [0.717, 1.165) is 17.6 Å². The fourth-order valence-corrected chi connectivity index (χ4v) is 2.44. The Bertz CT molecular complexity index is 336. The van der Waals surface area contributed by atoms with E-state index in [1.54, 1.807) is 0 Å². The van der Waals surface area contributed by atoms with Crippen molar-refractivity contribution in [2.24, 2.45) is 5.41 Å². The van der Waals surface area contributed by atoms with Crippen molar-refractivity contribution in [3.8, 4) is 0 Å². The fraction of sp³-hybridized carbons (Fsp3) is 0.545. The normalized spacial score (nSPS) is 20.1. The lowest BCUT2D eigenvalue weighted by atomic mass is 9.93. The summed E-state index contributed by atoms with van der Waals surface area (Å²) in [6.45, 7) is 6.93. The first-order chi connectivity index (χ1) is 6.58. The van der Waals surface area contributed by atoms with Gasteiger partial charge >= 0.3 is 0 Å². The van der Waals surface area contributed by atoms with Crippen LogP contribution in [0.1, 0.15) is 20.3 Å². The second-order valence-corrected chi connectivity index (χ2v) is 5.52. The van der Waals surface area contributed by atoms with E-state index >= 15 is 0 Å². The molecule has 0 N–H and O–H groups in total. The predicted octanol–water partition coefficient (Wildman–Crippen LogP) is 3.08. The quantitative estimate of drug-likeness (QED) is 0.766. The molecule has 1 aromatic rings. The van der Waals surface area contributed by atoms with Gasteiger partial charge in [0.2, 0.25) is 0 Å². The molecule has 0 aromatic carbocycles.